The number of rotatable bonds is 8. The van der Waals surface area contributed by atoms with Crippen molar-refractivity contribution in [3.05, 3.63) is 35.4 Å². The van der Waals surface area contributed by atoms with Crippen LogP contribution in [0.2, 0.25) is 0 Å². The van der Waals surface area contributed by atoms with Gasteiger partial charge >= 0.3 is 0 Å². The molecule has 1 aromatic carbocycles. The van der Waals surface area contributed by atoms with E-state index in [1.807, 2.05) is 0 Å². The second-order valence-corrected chi connectivity index (χ2v) is 31.3. The summed E-state index contributed by atoms with van der Waals surface area (Å²) in [4.78, 5) is 0. The van der Waals surface area contributed by atoms with Gasteiger partial charge in [0.2, 0.25) is 0 Å². The summed E-state index contributed by atoms with van der Waals surface area (Å²) in [6.07, 6.45) is 15.7. The topological polar surface area (TPSA) is 9.23 Å². The molecule has 71 heavy (non-hydrogen) atoms. The average Bonchev–Trinajstić information content (AvgIpc) is 3.80. The van der Waals surface area contributed by atoms with Gasteiger partial charge in [0.25, 0.3) is 0 Å². The van der Waals surface area contributed by atoms with Crippen LogP contribution in [0, 0.1) is 99.1 Å². The zero-order valence-corrected chi connectivity index (χ0v) is 55.0. The lowest BCUT2D eigenvalue weighted by Gasteiger charge is -2.41. The Morgan fingerprint density at radius 2 is 0.704 bits per heavy atom. The van der Waals surface area contributed by atoms with Crippen LogP contribution in [0.4, 0.5) is 0 Å². The first-order valence-corrected chi connectivity index (χ1v) is 30.2. The van der Waals surface area contributed by atoms with E-state index < -0.39 is 0 Å². The molecule has 4 rings (SSSR count). The van der Waals surface area contributed by atoms with Crippen molar-refractivity contribution in [1.82, 2.24) is 0 Å². The fourth-order valence-electron chi connectivity index (χ4n) is 10.6. The minimum absolute atomic E-state index is 0. The molecule has 1 heterocycles. The quantitative estimate of drug-likeness (QED) is 0.252. The number of hydrogen-bond donors (Lipinski definition) is 0. The van der Waals surface area contributed by atoms with Gasteiger partial charge in [0.1, 0.15) is 0 Å². The zero-order chi connectivity index (χ0) is 56.0. The van der Waals surface area contributed by atoms with Gasteiger partial charge in [-0.25, -0.2) is 0 Å². The Balaban J connectivity index is -0.000000246. The molecule has 0 spiro atoms. The molecule has 1 heteroatoms. The molecular weight excluding hydrogens is 857 g/mol. The average molecular weight is 1000 g/mol. The maximum absolute atomic E-state index is 5.60. The normalized spacial score (nSPS) is 21.2. The molecule has 1 aromatic rings. The van der Waals surface area contributed by atoms with Crippen molar-refractivity contribution >= 4 is 0 Å². The third-order valence-corrected chi connectivity index (χ3v) is 12.9. The number of ether oxygens (including phenoxy) is 1. The molecule has 2 aliphatic carbocycles. The first-order chi connectivity index (χ1) is 31.6. The Kier molecular flexibility index (Phi) is 45.0. The molecule has 1 saturated heterocycles. The largest absolute Gasteiger partial charge is 0.381 e. The second kappa shape index (κ2) is 40.4. The minimum Gasteiger partial charge on any atom is -0.381 e. The van der Waals surface area contributed by atoms with Crippen LogP contribution in [0.1, 0.15) is 304 Å². The summed E-state index contributed by atoms with van der Waals surface area (Å²) in [5.41, 5.74) is 4.75. The van der Waals surface area contributed by atoms with Crippen molar-refractivity contribution < 1.29 is 4.74 Å². The van der Waals surface area contributed by atoms with Crippen LogP contribution in [-0.2, 0) is 16.6 Å². The van der Waals surface area contributed by atoms with Crippen LogP contribution in [-0.4, -0.2) is 13.2 Å². The summed E-state index contributed by atoms with van der Waals surface area (Å²) in [6, 6.07) is 8.82. The van der Waals surface area contributed by atoms with Gasteiger partial charge in [0.15, 0.2) is 0 Å². The highest BCUT2D eigenvalue weighted by molar-refractivity contribution is 5.33. The third kappa shape index (κ3) is 47.4. The Bertz CT molecular complexity index is 1220. The molecule has 6 unspecified atom stereocenters. The van der Waals surface area contributed by atoms with Gasteiger partial charge in [-0.2, -0.15) is 0 Å². The van der Waals surface area contributed by atoms with E-state index in [9.17, 15) is 0 Å². The molecule has 0 radical (unpaired) electrons. The molecule has 2 saturated carbocycles. The van der Waals surface area contributed by atoms with Crippen molar-refractivity contribution in [1.29, 1.82) is 0 Å². The van der Waals surface area contributed by atoms with Gasteiger partial charge in [0.05, 0.1) is 6.61 Å². The highest BCUT2D eigenvalue weighted by atomic mass is 16.5. The van der Waals surface area contributed by atoms with E-state index in [4.69, 9.17) is 4.74 Å². The highest BCUT2D eigenvalue weighted by Crippen LogP contribution is 2.46. The summed E-state index contributed by atoms with van der Waals surface area (Å²) in [5.74, 6) is 12.2. The second-order valence-electron chi connectivity index (χ2n) is 31.3. The molecule has 430 valence electrons. The van der Waals surface area contributed by atoms with Crippen molar-refractivity contribution in [3.8, 4) is 0 Å². The Labute approximate surface area is 455 Å². The molecular formula is C70H144O. The molecule has 0 bridgehead atoms. The lowest BCUT2D eigenvalue weighted by Crippen LogP contribution is -2.31. The van der Waals surface area contributed by atoms with E-state index in [1.54, 1.807) is 0 Å². The number of hydrogen-bond acceptors (Lipinski definition) is 1. The van der Waals surface area contributed by atoms with Crippen LogP contribution in [0.5, 0.6) is 0 Å². The smallest absolute Gasteiger partial charge is 0.0502 e. The lowest BCUT2D eigenvalue weighted by atomic mass is 9.64. The zero-order valence-electron chi connectivity index (χ0n) is 55.0. The first-order valence-electron chi connectivity index (χ1n) is 30.2. The van der Waals surface area contributed by atoms with Gasteiger partial charge in [-0.15, -0.1) is 0 Å². The van der Waals surface area contributed by atoms with E-state index in [1.165, 1.54) is 81.8 Å². The fourth-order valence-corrected chi connectivity index (χ4v) is 10.6. The Morgan fingerprint density at radius 3 is 1.03 bits per heavy atom. The van der Waals surface area contributed by atoms with Crippen LogP contribution < -0.4 is 0 Å². The first kappa shape index (κ1) is 79.1. The van der Waals surface area contributed by atoms with Gasteiger partial charge in [-0.1, -0.05) is 285 Å². The summed E-state index contributed by atoms with van der Waals surface area (Å²) in [6.45, 7) is 74.9. The molecule has 6 atom stereocenters. The van der Waals surface area contributed by atoms with E-state index in [0.29, 0.717) is 16.2 Å². The summed E-state index contributed by atoms with van der Waals surface area (Å²) < 4.78 is 5.60. The Hall–Kier alpha value is -0.820. The van der Waals surface area contributed by atoms with Gasteiger partial charge in [-0.05, 0) is 154 Å². The van der Waals surface area contributed by atoms with Crippen molar-refractivity contribution in [2.45, 2.75) is 305 Å². The van der Waals surface area contributed by atoms with Crippen LogP contribution >= 0.6 is 0 Å². The minimum atomic E-state index is 0. The summed E-state index contributed by atoms with van der Waals surface area (Å²) in [7, 11) is 0. The third-order valence-electron chi connectivity index (χ3n) is 12.9. The van der Waals surface area contributed by atoms with E-state index >= 15 is 0 Å². The van der Waals surface area contributed by atoms with Crippen LogP contribution in [0.15, 0.2) is 24.3 Å². The fraction of sp³-hybridized carbons (Fsp3) is 0.914. The van der Waals surface area contributed by atoms with Gasteiger partial charge in [-0.3, -0.25) is 0 Å². The molecule has 0 amide bonds. The van der Waals surface area contributed by atoms with Crippen LogP contribution in [0.3, 0.4) is 0 Å². The molecule has 0 N–H and O–H groups in total. The van der Waals surface area contributed by atoms with E-state index in [2.05, 4.69) is 246 Å². The molecule has 3 aliphatic rings. The molecule has 3 fully saturated rings. The van der Waals surface area contributed by atoms with Gasteiger partial charge in [0, 0.05) is 6.61 Å². The van der Waals surface area contributed by atoms with Crippen molar-refractivity contribution in [2.24, 2.45) is 99.1 Å². The maximum atomic E-state index is 5.60. The van der Waals surface area contributed by atoms with Crippen molar-refractivity contribution in [2.75, 3.05) is 13.2 Å². The van der Waals surface area contributed by atoms with E-state index in [0.717, 1.165) is 96.1 Å². The predicted molar refractivity (Wildman–Crippen MR) is 333 cm³/mol. The van der Waals surface area contributed by atoms with Gasteiger partial charge < -0.3 is 4.74 Å². The standard InChI is InChI=1S/C14H28.C14H22.C13H26.C12H24O.4C4H10.CH4/c2*1-11(2)10-12-8-6-7-9-13(12)14(3,4)5;1-10(2)9-11-7-6-8-12(11)13(3,4)5;1-9(2)6-10-7-13-8-11(10)12(3,4)5;4*1-4(2)3;/h11-13H,6-10H2,1-5H3;6-9,11H,10H2,1-5H3;10-12H,6-9H2,1-5H3;9-11H,6-8H2,1-5H3;4*4H,1-3H3;1H4. The predicted octanol–water partition coefficient (Wildman–Crippen LogP) is 24.2. The molecule has 0 aromatic heterocycles. The maximum Gasteiger partial charge on any atom is 0.0502 e. The summed E-state index contributed by atoms with van der Waals surface area (Å²) >= 11 is 0. The Morgan fingerprint density at radius 1 is 0.394 bits per heavy atom. The number of benzene rings is 1. The van der Waals surface area contributed by atoms with Crippen molar-refractivity contribution in [3.63, 3.8) is 0 Å². The summed E-state index contributed by atoms with van der Waals surface area (Å²) in [5, 5.41) is 0. The van der Waals surface area contributed by atoms with E-state index in [-0.39, 0.29) is 12.8 Å². The van der Waals surface area contributed by atoms with Crippen LogP contribution in [0.25, 0.3) is 0 Å². The monoisotopic (exact) mass is 1000 g/mol. The SMILES string of the molecule is C.CC(C)C.CC(C)C.CC(C)C.CC(C)C.CC(C)CC1CCCC1C(C)(C)C.CC(C)CC1CCCCC1C(C)(C)C.CC(C)CC1COCC1C(C)(C)C.CC(C)Cc1ccccc1C(C)(C)C. The lowest BCUT2D eigenvalue weighted by molar-refractivity contribution is 0.0928. The molecule has 1 aliphatic heterocycles. The molecule has 1 nitrogen and oxygen atoms in total. The highest BCUT2D eigenvalue weighted by Gasteiger charge is 2.38.